The van der Waals surface area contributed by atoms with Crippen LogP contribution in [0.15, 0.2) is 60.3 Å². The second-order valence-corrected chi connectivity index (χ2v) is 5.75. The van der Waals surface area contributed by atoms with Crippen LogP contribution in [0, 0.1) is 6.92 Å². The molecule has 0 aromatic heterocycles. The van der Waals surface area contributed by atoms with Crippen molar-refractivity contribution in [2.24, 2.45) is 5.84 Å². The van der Waals surface area contributed by atoms with Crippen molar-refractivity contribution in [2.45, 2.75) is 13.3 Å². The summed E-state index contributed by atoms with van der Waals surface area (Å²) >= 11 is 0. The minimum Gasteiger partial charge on any atom is -0.508 e. The minimum atomic E-state index is 0.104. The Hall–Kier alpha value is -3.18. The molecule has 136 valence electrons. The smallest absolute Gasteiger partial charge is 0.161 e. The molecule has 0 aliphatic rings. The molecule has 2 rings (SSSR count). The number of allylic oxidation sites excluding steroid dienone is 3. The van der Waals surface area contributed by atoms with E-state index in [0.29, 0.717) is 17.9 Å². The third kappa shape index (κ3) is 5.43. The molecule has 0 radical (unpaired) electrons. The first-order valence-electron chi connectivity index (χ1n) is 8.21. The summed E-state index contributed by atoms with van der Waals surface area (Å²) in [5, 5.41) is 19.1. The Labute approximate surface area is 153 Å². The maximum Gasteiger partial charge on any atom is 0.161 e. The summed E-state index contributed by atoms with van der Waals surface area (Å²) in [6.07, 6.45) is 10.4. The molecule has 2 aromatic rings. The van der Waals surface area contributed by atoms with Crippen molar-refractivity contribution in [3.63, 3.8) is 0 Å². The Morgan fingerprint density at radius 2 is 1.77 bits per heavy atom. The molecule has 0 unspecified atom stereocenters. The lowest BCUT2D eigenvalue weighted by Crippen LogP contribution is -2.19. The number of aryl methyl sites for hydroxylation is 1. The van der Waals surface area contributed by atoms with Crippen LogP contribution >= 0.6 is 0 Å². The number of nitrogens with one attached hydrogen (secondary N) is 1. The lowest BCUT2D eigenvalue weighted by Gasteiger charge is -2.04. The molecule has 5 N–H and O–H groups in total. The van der Waals surface area contributed by atoms with E-state index in [2.05, 4.69) is 5.43 Å². The zero-order valence-corrected chi connectivity index (χ0v) is 14.9. The first-order chi connectivity index (χ1) is 12.5. The van der Waals surface area contributed by atoms with E-state index in [1.807, 2.05) is 49.4 Å². The number of rotatable bonds is 7. The molecule has 0 saturated carbocycles. The highest BCUT2D eigenvalue weighted by Crippen LogP contribution is 2.26. The monoisotopic (exact) mass is 352 g/mol. The van der Waals surface area contributed by atoms with Crippen molar-refractivity contribution in [3.05, 3.63) is 77.0 Å². The second kappa shape index (κ2) is 9.34. The third-order valence-corrected chi connectivity index (χ3v) is 3.83. The summed E-state index contributed by atoms with van der Waals surface area (Å²) in [5.74, 6) is 6.39. The van der Waals surface area contributed by atoms with E-state index in [4.69, 9.17) is 10.6 Å². The average Bonchev–Trinajstić information content (AvgIpc) is 2.65. The van der Waals surface area contributed by atoms with Gasteiger partial charge in [0.1, 0.15) is 5.75 Å². The SMILES string of the molecule is COc1cc(/C=C/C(=C/C/C=C/c2ccc(O)c(C)c2)NN)ccc1O. The van der Waals surface area contributed by atoms with E-state index in [1.165, 1.54) is 7.11 Å². The maximum absolute atomic E-state index is 9.61. The lowest BCUT2D eigenvalue weighted by molar-refractivity contribution is 0.373. The van der Waals surface area contributed by atoms with Crippen molar-refractivity contribution in [1.29, 1.82) is 0 Å². The molecule has 2 aromatic carbocycles. The molecule has 0 spiro atoms. The maximum atomic E-state index is 9.61. The van der Waals surface area contributed by atoms with Gasteiger partial charge in [0.2, 0.25) is 0 Å². The number of aromatic hydroxyl groups is 2. The molecule has 0 heterocycles. The predicted molar refractivity (Wildman–Crippen MR) is 106 cm³/mol. The van der Waals surface area contributed by atoms with Gasteiger partial charge in [0, 0.05) is 5.70 Å². The number of hydrazine groups is 1. The first-order valence-corrected chi connectivity index (χ1v) is 8.21. The van der Waals surface area contributed by atoms with Gasteiger partial charge in [-0.1, -0.05) is 36.4 Å². The molecule has 5 nitrogen and oxygen atoms in total. The highest BCUT2D eigenvalue weighted by molar-refractivity contribution is 5.58. The molecule has 0 aliphatic carbocycles. The van der Waals surface area contributed by atoms with Gasteiger partial charge in [-0.15, -0.1) is 0 Å². The van der Waals surface area contributed by atoms with Gasteiger partial charge >= 0.3 is 0 Å². The van der Waals surface area contributed by atoms with Crippen molar-refractivity contribution in [3.8, 4) is 17.2 Å². The van der Waals surface area contributed by atoms with E-state index in [1.54, 1.807) is 24.3 Å². The highest BCUT2D eigenvalue weighted by Gasteiger charge is 2.00. The Morgan fingerprint density at radius 3 is 2.42 bits per heavy atom. The largest absolute Gasteiger partial charge is 0.508 e. The van der Waals surface area contributed by atoms with Crippen LogP contribution in [0.25, 0.3) is 12.2 Å². The number of hydrogen-bond acceptors (Lipinski definition) is 5. The number of benzene rings is 2. The van der Waals surface area contributed by atoms with Gasteiger partial charge in [-0.25, -0.2) is 0 Å². The molecule has 0 amide bonds. The van der Waals surface area contributed by atoms with Gasteiger partial charge in [-0.05, 0) is 60.4 Å². The lowest BCUT2D eigenvalue weighted by atomic mass is 10.1. The number of hydrogen-bond donors (Lipinski definition) is 4. The van der Waals surface area contributed by atoms with Crippen molar-refractivity contribution in [2.75, 3.05) is 7.11 Å². The van der Waals surface area contributed by atoms with E-state index in [9.17, 15) is 10.2 Å². The van der Waals surface area contributed by atoms with E-state index in [-0.39, 0.29) is 5.75 Å². The predicted octanol–water partition coefficient (Wildman–Crippen LogP) is 3.88. The number of phenolic OH excluding ortho intramolecular Hbond substituents is 2. The van der Waals surface area contributed by atoms with Gasteiger partial charge in [0.05, 0.1) is 7.11 Å². The summed E-state index contributed by atoms with van der Waals surface area (Å²) in [7, 11) is 1.51. The highest BCUT2D eigenvalue weighted by atomic mass is 16.5. The van der Waals surface area contributed by atoms with Crippen LogP contribution in [0.2, 0.25) is 0 Å². The topological polar surface area (TPSA) is 87.7 Å². The van der Waals surface area contributed by atoms with Crippen molar-refractivity contribution < 1.29 is 14.9 Å². The zero-order chi connectivity index (χ0) is 18.9. The molecule has 0 saturated heterocycles. The van der Waals surface area contributed by atoms with Crippen LogP contribution in [0.1, 0.15) is 23.1 Å². The quantitative estimate of drug-likeness (QED) is 0.345. The van der Waals surface area contributed by atoms with Crippen LogP contribution in [0.5, 0.6) is 17.2 Å². The molecule has 26 heavy (non-hydrogen) atoms. The minimum absolute atomic E-state index is 0.104. The average molecular weight is 352 g/mol. The van der Waals surface area contributed by atoms with Crippen LogP contribution in [0.3, 0.4) is 0 Å². The second-order valence-electron chi connectivity index (χ2n) is 5.75. The molecule has 5 heteroatoms. The molecular weight excluding hydrogens is 328 g/mol. The fourth-order valence-electron chi connectivity index (χ4n) is 2.34. The van der Waals surface area contributed by atoms with E-state index in [0.717, 1.165) is 22.4 Å². The summed E-state index contributed by atoms with van der Waals surface area (Å²) in [5.41, 5.74) is 6.18. The molecule has 0 aliphatic heterocycles. The van der Waals surface area contributed by atoms with E-state index < -0.39 is 0 Å². The number of nitrogens with two attached hydrogens (primary N) is 1. The summed E-state index contributed by atoms with van der Waals surface area (Å²) in [6, 6.07) is 10.6. The molecule has 0 bridgehead atoms. The fraction of sp³-hybridized carbons (Fsp3) is 0.143. The van der Waals surface area contributed by atoms with Crippen LogP contribution in [0.4, 0.5) is 0 Å². The molecular formula is C21H24N2O3. The standard InChI is InChI=1S/C21H24N2O3/c1-15-13-16(8-11-19(15)24)5-3-4-6-18(23-22)10-7-17-9-12-20(25)21(14-17)26-2/h3,5-14,23-25H,4,22H2,1-2H3/b5-3+,10-7+,18-6-. The summed E-state index contributed by atoms with van der Waals surface area (Å²) in [4.78, 5) is 0. The van der Waals surface area contributed by atoms with Gasteiger partial charge in [0.25, 0.3) is 0 Å². The Balaban J connectivity index is 2.01. The first kappa shape index (κ1) is 19.1. The number of ether oxygens (including phenoxy) is 1. The Bertz CT molecular complexity index is 839. The van der Waals surface area contributed by atoms with Gasteiger partial charge < -0.3 is 20.4 Å². The van der Waals surface area contributed by atoms with Crippen LogP contribution in [-0.4, -0.2) is 17.3 Å². The fourth-order valence-corrected chi connectivity index (χ4v) is 2.34. The van der Waals surface area contributed by atoms with Crippen molar-refractivity contribution in [1.82, 2.24) is 5.43 Å². The Morgan fingerprint density at radius 1 is 1.08 bits per heavy atom. The number of methoxy groups -OCH3 is 1. The third-order valence-electron chi connectivity index (χ3n) is 3.83. The van der Waals surface area contributed by atoms with Gasteiger partial charge in [0.15, 0.2) is 11.5 Å². The zero-order valence-electron chi connectivity index (χ0n) is 14.9. The normalized spacial score (nSPS) is 12.0. The van der Waals surface area contributed by atoms with Crippen molar-refractivity contribution >= 4 is 12.2 Å². The summed E-state index contributed by atoms with van der Waals surface area (Å²) < 4.78 is 5.09. The van der Waals surface area contributed by atoms with Gasteiger partial charge in [-0.3, -0.25) is 5.84 Å². The van der Waals surface area contributed by atoms with Gasteiger partial charge in [-0.2, -0.15) is 0 Å². The summed E-state index contributed by atoms with van der Waals surface area (Å²) in [6.45, 7) is 1.87. The number of phenols is 2. The molecule has 0 fully saturated rings. The Kier molecular flexibility index (Phi) is 6.88. The molecule has 0 atom stereocenters. The van der Waals surface area contributed by atoms with E-state index >= 15 is 0 Å². The van der Waals surface area contributed by atoms with Crippen LogP contribution in [-0.2, 0) is 0 Å². The van der Waals surface area contributed by atoms with Crippen LogP contribution < -0.4 is 16.0 Å².